The van der Waals surface area contributed by atoms with E-state index in [1.165, 1.54) is 5.06 Å². The van der Waals surface area contributed by atoms with Crippen LogP contribution in [0.4, 0.5) is 5.69 Å². The molecule has 96 valence electrons. The van der Waals surface area contributed by atoms with E-state index in [1.54, 1.807) is 12.1 Å². The number of hydrogen-bond donors (Lipinski definition) is 1. The molecule has 1 unspecified atom stereocenters. The van der Waals surface area contributed by atoms with Gasteiger partial charge in [0.2, 0.25) is 0 Å². The van der Waals surface area contributed by atoms with Gasteiger partial charge in [0.15, 0.2) is 0 Å². The van der Waals surface area contributed by atoms with Crippen molar-refractivity contribution in [2.75, 3.05) is 11.6 Å². The van der Waals surface area contributed by atoms with Gasteiger partial charge in [-0.15, -0.1) is 0 Å². The first-order valence-corrected chi connectivity index (χ1v) is 7.14. The zero-order valence-corrected chi connectivity index (χ0v) is 11.0. The van der Waals surface area contributed by atoms with Gasteiger partial charge in [-0.2, -0.15) is 0 Å². The summed E-state index contributed by atoms with van der Waals surface area (Å²) in [7, 11) is -1.19. The number of nitrogens with zero attached hydrogens (tertiary/aromatic N) is 1. The number of benzene rings is 2. The van der Waals surface area contributed by atoms with Gasteiger partial charge >= 0.3 is 0 Å². The van der Waals surface area contributed by atoms with Gasteiger partial charge in [-0.25, -0.2) is 4.21 Å². The molecule has 1 aliphatic rings. The van der Waals surface area contributed by atoms with Crippen LogP contribution in [0.25, 0.3) is 6.08 Å². The zero-order chi connectivity index (χ0) is 13.2. The summed E-state index contributed by atoms with van der Waals surface area (Å²) >= 11 is 0. The van der Waals surface area contributed by atoms with Gasteiger partial charge in [-0.05, 0) is 30.3 Å². The average molecular weight is 271 g/mol. The first kappa shape index (κ1) is 12.1. The van der Waals surface area contributed by atoms with E-state index in [0.717, 1.165) is 21.0 Å². The first-order valence-electron chi connectivity index (χ1n) is 5.99. The van der Waals surface area contributed by atoms with Gasteiger partial charge in [0.25, 0.3) is 0 Å². The normalized spacial score (nSPS) is 15.1. The molecule has 0 radical (unpaired) electrons. The van der Waals surface area contributed by atoms with Gasteiger partial charge in [-0.1, -0.05) is 30.4 Å². The Labute approximate surface area is 114 Å². The molecule has 3 rings (SSSR count). The van der Waals surface area contributed by atoms with E-state index in [0.29, 0.717) is 6.54 Å². The molecule has 1 heterocycles. The van der Waals surface area contributed by atoms with Crippen molar-refractivity contribution in [2.24, 2.45) is 0 Å². The Kier molecular flexibility index (Phi) is 3.19. The van der Waals surface area contributed by atoms with E-state index in [9.17, 15) is 9.42 Å². The second kappa shape index (κ2) is 4.99. The summed E-state index contributed by atoms with van der Waals surface area (Å²) in [6.07, 6.45) is 3.81. The van der Waals surface area contributed by atoms with Gasteiger partial charge < -0.3 is 0 Å². The van der Waals surface area contributed by atoms with Crippen molar-refractivity contribution in [3.63, 3.8) is 0 Å². The van der Waals surface area contributed by atoms with Crippen molar-refractivity contribution in [3.05, 3.63) is 60.2 Å². The third kappa shape index (κ3) is 2.32. The molecule has 4 heteroatoms. The predicted octanol–water partition coefficient (Wildman–Crippen LogP) is 3.08. The molecule has 1 atom stereocenters. The molecule has 0 aliphatic carbocycles. The highest BCUT2D eigenvalue weighted by Crippen LogP contribution is 2.28. The Balaban J connectivity index is 2.00. The van der Waals surface area contributed by atoms with E-state index < -0.39 is 10.8 Å². The van der Waals surface area contributed by atoms with Crippen LogP contribution in [0.3, 0.4) is 0 Å². The van der Waals surface area contributed by atoms with Gasteiger partial charge in [0.1, 0.15) is 0 Å². The third-order valence-electron chi connectivity index (χ3n) is 3.02. The van der Waals surface area contributed by atoms with E-state index in [2.05, 4.69) is 0 Å². The van der Waals surface area contributed by atoms with Gasteiger partial charge in [0, 0.05) is 15.4 Å². The van der Waals surface area contributed by atoms with Crippen molar-refractivity contribution >= 4 is 22.6 Å². The second-order valence-corrected chi connectivity index (χ2v) is 5.77. The molecule has 0 saturated heterocycles. The topological polar surface area (TPSA) is 40.5 Å². The smallest absolute Gasteiger partial charge is 0.0849 e. The molecule has 0 fully saturated rings. The van der Waals surface area contributed by atoms with Gasteiger partial charge in [0.05, 0.1) is 23.0 Å². The van der Waals surface area contributed by atoms with Crippen LogP contribution in [0.1, 0.15) is 5.56 Å². The maximum absolute atomic E-state index is 12.4. The van der Waals surface area contributed by atoms with E-state index >= 15 is 0 Å². The third-order valence-corrected chi connectivity index (χ3v) is 4.41. The molecule has 0 saturated carbocycles. The highest BCUT2D eigenvalue weighted by Gasteiger charge is 2.14. The van der Waals surface area contributed by atoms with E-state index in [1.807, 2.05) is 48.6 Å². The molecule has 2 aromatic carbocycles. The van der Waals surface area contributed by atoms with Crippen molar-refractivity contribution in [2.45, 2.75) is 9.79 Å². The number of fused-ring (bicyclic) bond motifs is 1. The van der Waals surface area contributed by atoms with Crippen molar-refractivity contribution in [3.8, 4) is 0 Å². The van der Waals surface area contributed by atoms with Crippen molar-refractivity contribution in [1.29, 1.82) is 0 Å². The summed E-state index contributed by atoms with van der Waals surface area (Å²) in [5.74, 6) is 0. The Morgan fingerprint density at radius 1 is 1.05 bits per heavy atom. The SMILES string of the molecule is O=S(c1ccccc1)c1ccc2c(c1)C=CCN2O. The molecule has 0 aromatic heterocycles. The summed E-state index contributed by atoms with van der Waals surface area (Å²) in [5, 5.41) is 10.9. The summed E-state index contributed by atoms with van der Waals surface area (Å²) in [6, 6.07) is 14.8. The fourth-order valence-electron chi connectivity index (χ4n) is 2.07. The van der Waals surface area contributed by atoms with E-state index in [4.69, 9.17) is 0 Å². The largest absolute Gasteiger partial charge is 0.288 e. The molecule has 3 nitrogen and oxygen atoms in total. The molecule has 0 amide bonds. The lowest BCUT2D eigenvalue weighted by atomic mass is 10.1. The fraction of sp³-hybridized carbons (Fsp3) is 0.0667. The molecule has 1 N–H and O–H groups in total. The maximum Gasteiger partial charge on any atom is 0.0849 e. The lowest BCUT2D eigenvalue weighted by Crippen LogP contribution is -2.21. The summed E-state index contributed by atoms with van der Waals surface area (Å²) in [4.78, 5) is 1.52. The number of hydroxylamine groups is 1. The summed E-state index contributed by atoms with van der Waals surface area (Å²) in [6.45, 7) is 0.480. The van der Waals surface area contributed by atoms with Crippen LogP contribution in [-0.2, 0) is 10.8 Å². The Bertz CT molecular complexity index is 652. The molecule has 0 spiro atoms. The fourth-order valence-corrected chi connectivity index (χ4v) is 3.18. The molecule has 19 heavy (non-hydrogen) atoms. The quantitative estimate of drug-likeness (QED) is 0.912. The molecule has 0 bridgehead atoms. The minimum absolute atomic E-state index is 0.480. The highest BCUT2D eigenvalue weighted by molar-refractivity contribution is 7.85. The Hall–Kier alpha value is -1.91. The number of anilines is 1. The van der Waals surface area contributed by atoms with E-state index in [-0.39, 0.29) is 0 Å². The highest BCUT2D eigenvalue weighted by atomic mass is 32.2. The number of hydrogen-bond acceptors (Lipinski definition) is 3. The first-order chi connectivity index (χ1) is 9.25. The van der Waals surface area contributed by atoms with Gasteiger partial charge in [-0.3, -0.25) is 10.3 Å². The van der Waals surface area contributed by atoms with Crippen LogP contribution in [0.15, 0.2) is 64.4 Å². The number of rotatable bonds is 2. The molecular formula is C15H13NO2S. The van der Waals surface area contributed by atoms with Crippen LogP contribution >= 0.6 is 0 Å². The maximum atomic E-state index is 12.4. The van der Waals surface area contributed by atoms with Crippen LogP contribution in [0.2, 0.25) is 0 Å². The standard InChI is InChI=1S/C15H13NO2S/c17-16-10-4-5-12-11-14(8-9-15(12)16)19(18)13-6-2-1-3-7-13/h1-9,11,17H,10H2. The van der Waals surface area contributed by atoms with Crippen LogP contribution in [-0.4, -0.2) is 16.0 Å². The van der Waals surface area contributed by atoms with Crippen LogP contribution in [0, 0.1) is 0 Å². The summed E-state index contributed by atoms with van der Waals surface area (Å²) in [5.41, 5.74) is 1.63. The minimum Gasteiger partial charge on any atom is -0.288 e. The molecular weight excluding hydrogens is 258 g/mol. The van der Waals surface area contributed by atoms with Crippen molar-refractivity contribution in [1.82, 2.24) is 0 Å². The predicted molar refractivity (Wildman–Crippen MR) is 75.7 cm³/mol. The molecule has 2 aromatic rings. The average Bonchev–Trinajstić information content (AvgIpc) is 2.47. The lowest BCUT2D eigenvalue weighted by Gasteiger charge is -2.21. The lowest BCUT2D eigenvalue weighted by molar-refractivity contribution is 0.265. The summed E-state index contributed by atoms with van der Waals surface area (Å²) < 4.78 is 12.4. The Morgan fingerprint density at radius 2 is 1.84 bits per heavy atom. The second-order valence-electron chi connectivity index (χ2n) is 4.29. The van der Waals surface area contributed by atoms with Crippen LogP contribution in [0.5, 0.6) is 0 Å². The van der Waals surface area contributed by atoms with Crippen molar-refractivity contribution < 1.29 is 9.42 Å². The van der Waals surface area contributed by atoms with Crippen LogP contribution < -0.4 is 5.06 Å². The Morgan fingerprint density at radius 3 is 2.63 bits per heavy atom. The molecule has 1 aliphatic heterocycles. The minimum atomic E-state index is -1.19. The monoisotopic (exact) mass is 271 g/mol. The zero-order valence-electron chi connectivity index (χ0n) is 10.2.